The molecule has 2 rings (SSSR count). The number of phenols is 2. The highest BCUT2D eigenvalue weighted by Crippen LogP contribution is 2.32. The molecule has 0 amide bonds. The van der Waals surface area contributed by atoms with Crippen molar-refractivity contribution >= 4 is 28.5 Å². The van der Waals surface area contributed by atoms with Crippen molar-refractivity contribution in [2.75, 3.05) is 5.75 Å². The van der Waals surface area contributed by atoms with Crippen molar-refractivity contribution < 1.29 is 19.7 Å². The molecular weight excluding hydrogens is 288 g/mol. The molecule has 0 aliphatic rings. The molecule has 0 aromatic heterocycles. The molecule has 0 fully saturated rings. The summed E-state index contributed by atoms with van der Waals surface area (Å²) in [4.78, 5) is 12.6. The third-order valence-electron chi connectivity index (χ3n) is 2.68. The predicted octanol–water partition coefficient (Wildman–Crippen LogP) is 3.68. The molecule has 0 spiro atoms. The molecular formula is C16H18O4S. The zero-order valence-electron chi connectivity index (χ0n) is 12.2. The van der Waals surface area contributed by atoms with Gasteiger partial charge in [-0.05, 0) is 55.8 Å². The van der Waals surface area contributed by atoms with E-state index in [4.69, 9.17) is 4.74 Å². The molecule has 4 nitrogen and oxygen atoms in total. The number of benzene rings is 2. The van der Waals surface area contributed by atoms with E-state index in [0.29, 0.717) is 0 Å². The number of rotatable bonds is 3. The molecule has 0 bridgehead atoms. The Labute approximate surface area is 127 Å². The van der Waals surface area contributed by atoms with Crippen molar-refractivity contribution in [3.8, 4) is 11.5 Å². The van der Waals surface area contributed by atoms with E-state index >= 15 is 0 Å². The second kappa shape index (κ2) is 5.85. The van der Waals surface area contributed by atoms with E-state index in [1.807, 2.05) is 39.0 Å². The first kappa shape index (κ1) is 15.5. The fourth-order valence-electron chi connectivity index (χ4n) is 1.85. The van der Waals surface area contributed by atoms with Gasteiger partial charge in [-0.15, -0.1) is 11.8 Å². The summed E-state index contributed by atoms with van der Waals surface area (Å²) in [5.41, 5.74) is -0.482. The van der Waals surface area contributed by atoms with Gasteiger partial charge in [0.2, 0.25) is 0 Å². The molecule has 112 valence electrons. The van der Waals surface area contributed by atoms with E-state index in [0.717, 1.165) is 15.7 Å². The maximum Gasteiger partial charge on any atom is 0.316 e. The van der Waals surface area contributed by atoms with Crippen molar-refractivity contribution in [2.45, 2.75) is 31.3 Å². The van der Waals surface area contributed by atoms with Crippen molar-refractivity contribution in [3.05, 3.63) is 30.3 Å². The molecule has 0 saturated heterocycles. The lowest BCUT2D eigenvalue weighted by molar-refractivity contribution is -0.151. The number of esters is 1. The first-order chi connectivity index (χ1) is 9.74. The lowest BCUT2D eigenvalue weighted by Gasteiger charge is -2.19. The van der Waals surface area contributed by atoms with Crippen LogP contribution in [0, 0.1) is 0 Å². The quantitative estimate of drug-likeness (QED) is 0.514. The third kappa shape index (κ3) is 4.29. The van der Waals surface area contributed by atoms with E-state index in [1.54, 1.807) is 0 Å². The summed E-state index contributed by atoms with van der Waals surface area (Å²) in [5.74, 6) is -0.332. The summed E-state index contributed by atoms with van der Waals surface area (Å²) in [5, 5.41) is 20.6. The number of thioether (sulfide) groups is 1. The molecule has 0 saturated carbocycles. The van der Waals surface area contributed by atoms with Crippen LogP contribution in [0.2, 0.25) is 0 Å². The Morgan fingerprint density at radius 2 is 1.71 bits per heavy atom. The van der Waals surface area contributed by atoms with Crippen molar-refractivity contribution in [1.82, 2.24) is 0 Å². The lowest BCUT2D eigenvalue weighted by atomic mass is 10.1. The molecule has 0 heterocycles. The molecule has 0 aliphatic heterocycles. The minimum Gasteiger partial charge on any atom is -0.504 e. The first-order valence-electron chi connectivity index (χ1n) is 6.55. The lowest BCUT2D eigenvalue weighted by Crippen LogP contribution is -2.24. The Bertz CT molecular complexity index is 674. The van der Waals surface area contributed by atoms with Gasteiger partial charge in [-0.3, -0.25) is 4.79 Å². The van der Waals surface area contributed by atoms with Gasteiger partial charge in [0.1, 0.15) is 5.60 Å². The molecule has 5 heteroatoms. The van der Waals surface area contributed by atoms with Gasteiger partial charge >= 0.3 is 5.97 Å². The van der Waals surface area contributed by atoms with Crippen LogP contribution in [-0.2, 0) is 9.53 Å². The highest BCUT2D eigenvalue weighted by molar-refractivity contribution is 8.00. The second-order valence-electron chi connectivity index (χ2n) is 5.72. The highest BCUT2D eigenvalue weighted by Gasteiger charge is 2.16. The van der Waals surface area contributed by atoms with E-state index < -0.39 is 5.60 Å². The number of carbonyl (C=O) groups is 1. The van der Waals surface area contributed by atoms with Crippen LogP contribution in [0.25, 0.3) is 10.8 Å². The average molecular weight is 306 g/mol. The number of hydrogen-bond donors (Lipinski definition) is 2. The number of phenolic OH excluding ortho intramolecular Hbond substituents is 2. The van der Waals surface area contributed by atoms with E-state index in [-0.39, 0.29) is 23.2 Å². The summed E-state index contributed by atoms with van der Waals surface area (Å²) in [7, 11) is 0. The van der Waals surface area contributed by atoms with Gasteiger partial charge in [-0.1, -0.05) is 6.07 Å². The number of hydrogen-bond acceptors (Lipinski definition) is 5. The van der Waals surface area contributed by atoms with Gasteiger partial charge in [-0.25, -0.2) is 0 Å². The smallest absolute Gasteiger partial charge is 0.316 e. The molecule has 0 unspecified atom stereocenters. The van der Waals surface area contributed by atoms with Crippen LogP contribution in [0.1, 0.15) is 20.8 Å². The van der Waals surface area contributed by atoms with Crippen molar-refractivity contribution in [1.29, 1.82) is 0 Å². The topological polar surface area (TPSA) is 66.8 Å². The maximum absolute atomic E-state index is 11.7. The Kier molecular flexibility index (Phi) is 4.32. The normalized spacial score (nSPS) is 11.6. The summed E-state index contributed by atoms with van der Waals surface area (Å²) in [6, 6.07) is 8.58. The van der Waals surface area contributed by atoms with Gasteiger partial charge in [0, 0.05) is 4.90 Å². The Morgan fingerprint density at radius 1 is 1.10 bits per heavy atom. The van der Waals surface area contributed by atoms with Gasteiger partial charge < -0.3 is 14.9 Å². The minimum atomic E-state index is -0.482. The fourth-order valence-corrected chi connectivity index (χ4v) is 2.57. The number of fused-ring (bicyclic) bond motifs is 1. The van der Waals surface area contributed by atoms with E-state index in [2.05, 4.69) is 0 Å². The molecule has 0 aliphatic carbocycles. The molecule has 0 radical (unpaired) electrons. The third-order valence-corrected chi connectivity index (χ3v) is 3.65. The Morgan fingerprint density at radius 3 is 2.33 bits per heavy atom. The number of carbonyl (C=O) groups excluding carboxylic acids is 1. The number of ether oxygens (including phenoxy) is 1. The zero-order valence-corrected chi connectivity index (χ0v) is 13.0. The van der Waals surface area contributed by atoms with Crippen LogP contribution in [0.5, 0.6) is 11.5 Å². The Hall–Kier alpha value is -1.88. The fraction of sp³-hybridized carbons (Fsp3) is 0.312. The van der Waals surface area contributed by atoms with Crippen molar-refractivity contribution in [2.24, 2.45) is 0 Å². The summed E-state index contributed by atoms with van der Waals surface area (Å²) < 4.78 is 5.25. The highest BCUT2D eigenvalue weighted by atomic mass is 32.2. The largest absolute Gasteiger partial charge is 0.504 e. The summed E-state index contributed by atoms with van der Waals surface area (Å²) in [6.07, 6.45) is 0. The van der Waals surface area contributed by atoms with Crippen LogP contribution < -0.4 is 0 Å². The average Bonchev–Trinajstić information content (AvgIpc) is 2.36. The Balaban J connectivity index is 2.09. The maximum atomic E-state index is 11.7. The van der Waals surface area contributed by atoms with Gasteiger partial charge in [-0.2, -0.15) is 0 Å². The first-order valence-corrected chi connectivity index (χ1v) is 7.53. The zero-order chi connectivity index (χ0) is 15.6. The molecule has 2 aromatic carbocycles. The summed E-state index contributed by atoms with van der Waals surface area (Å²) in [6.45, 7) is 5.50. The van der Waals surface area contributed by atoms with Crippen molar-refractivity contribution in [3.63, 3.8) is 0 Å². The van der Waals surface area contributed by atoms with Gasteiger partial charge in [0.15, 0.2) is 11.5 Å². The monoisotopic (exact) mass is 306 g/mol. The second-order valence-corrected chi connectivity index (χ2v) is 6.77. The van der Waals surface area contributed by atoms with Crippen LogP contribution >= 0.6 is 11.8 Å². The number of aromatic hydroxyl groups is 2. The van der Waals surface area contributed by atoms with Gasteiger partial charge in [0.05, 0.1) is 5.75 Å². The minimum absolute atomic E-state index is 0.142. The summed E-state index contributed by atoms with van der Waals surface area (Å²) >= 11 is 1.38. The molecule has 21 heavy (non-hydrogen) atoms. The van der Waals surface area contributed by atoms with Gasteiger partial charge in [0.25, 0.3) is 0 Å². The van der Waals surface area contributed by atoms with Crippen LogP contribution in [0.15, 0.2) is 35.2 Å². The predicted molar refractivity (Wildman–Crippen MR) is 83.8 cm³/mol. The standard InChI is InChI=1S/C16H18O4S/c1-16(2,3)20-15(19)9-21-12-5-4-10-7-13(17)14(18)8-11(10)6-12/h4-8,17-18H,9H2,1-3H3. The van der Waals surface area contributed by atoms with Crippen LogP contribution in [0.3, 0.4) is 0 Å². The molecule has 0 atom stereocenters. The van der Waals surface area contributed by atoms with E-state index in [9.17, 15) is 15.0 Å². The molecule has 2 aromatic rings. The SMILES string of the molecule is CC(C)(C)OC(=O)CSc1ccc2cc(O)c(O)cc2c1. The van der Waals surface area contributed by atoms with Crippen LogP contribution in [0.4, 0.5) is 0 Å². The van der Waals surface area contributed by atoms with E-state index in [1.165, 1.54) is 23.9 Å². The molecule has 2 N–H and O–H groups in total. The van der Waals surface area contributed by atoms with Crippen LogP contribution in [-0.4, -0.2) is 27.5 Å².